The van der Waals surface area contributed by atoms with Gasteiger partial charge in [-0.05, 0) is 31.2 Å². The van der Waals surface area contributed by atoms with Gasteiger partial charge in [-0.2, -0.15) is 0 Å². The fourth-order valence-corrected chi connectivity index (χ4v) is 1.84. The summed E-state index contributed by atoms with van der Waals surface area (Å²) in [5.41, 5.74) is 1.02. The summed E-state index contributed by atoms with van der Waals surface area (Å²) in [5, 5.41) is 3.28. The zero-order valence-electron chi connectivity index (χ0n) is 9.32. The molecule has 15 heavy (non-hydrogen) atoms. The van der Waals surface area contributed by atoms with Crippen LogP contribution in [0.3, 0.4) is 0 Å². The van der Waals surface area contributed by atoms with E-state index in [2.05, 4.69) is 12.2 Å². The normalized spacial score (nSPS) is 14.6. The molecule has 0 heterocycles. The zero-order chi connectivity index (χ0) is 11.3. The van der Waals surface area contributed by atoms with Crippen LogP contribution < -0.4 is 5.32 Å². The van der Waals surface area contributed by atoms with Crippen molar-refractivity contribution >= 4 is 16.5 Å². The van der Waals surface area contributed by atoms with E-state index in [-0.39, 0.29) is 6.04 Å². The van der Waals surface area contributed by atoms with Crippen molar-refractivity contribution in [3.05, 3.63) is 24.3 Å². The number of ether oxygens (including phenoxy) is 1. The first-order chi connectivity index (χ1) is 7.13. The van der Waals surface area contributed by atoms with Crippen LogP contribution in [0.1, 0.15) is 6.92 Å². The highest BCUT2D eigenvalue weighted by Crippen LogP contribution is 2.12. The number of hydrogen-bond acceptors (Lipinski definition) is 3. The van der Waals surface area contributed by atoms with Crippen LogP contribution in [-0.2, 0) is 15.5 Å². The van der Waals surface area contributed by atoms with Gasteiger partial charge in [0.25, 0.3) is 0 Å². The Morgan fingerprint density at radius 1 is 1.40 bits per heavy atom. The minimum atomic E-state index is -0.906. The number of anilines is 1. The minimum Gasteiger partial charge on any atom is -0.383 e. The first-order valence-electron chi connectivity index (χ1n) is 4.82. The van der Waals surface area contributed by atoms with Crippen molar-refractivity contribution in [1.29, 1.82) is 0 Å². The molecule has 0 amide bonds. The lowest BCUT2D eigenvalue weighted by atomic mass is 10.3. The van der Waals surface area contributed by atoms with Crippen LogP contribution in [0.4, 0.5) is 5.69 Å². The van der Waals surface area contributed by atoms with E-state index in [9.17, 15) is 4.21 Å². The van der Waals surface area contributed by atoms with Crippen LogP contribution in [0.15, 0.2) is 29.2 Å². The molecule has 0 saturated carbocycles. The zero-order valence-corrected chi connectivity index (χ0v) is 10.1. The molecule has 4 heteroatoms. The molecule has 3 nitrogen and oxygen atoms in total. The second-order valence-corrected chi connectivity index (χ2v) is 4.86. The highest BCUT2D eigenvalue weighted by atomic mass is 32.2. The molecule has 0 aromatic heterocycles. The van der Waals surface area contributed by atoms with Crippen molar-refractivity contribution in [2.75, 3.05) is 25.3 Å². The van der Waals surface area contributed by atoms with Gasteiger partial charge in [-0.25, -0.2) is 0 Å². The van der Waals surface area contributed by atoms with E-state index in [0.29, 0.717) is 6.61 Å². The molecule has 1 rings (SSSR count). The summed E-state index contributed by atoms with van der Waals surface area (Å²) >= 11 is 0. The lowest BCUT2D eigenvalue weighted by Gasteiger charge is -2.14. The third-order valence-corrected chi connectivity index (χ3v) is 2.95. The van der Waals surface area contributed by atoms with Gasteiger partial charge >= 0.3 is 0 Å². The smallest absolute Gasteiger partial charge is 0.0661 e. The number of nitrogens with one attached hydrogen (secondary N) is 1. The topological polar surface area (TPSA) is 38.3 Å². The van der Waals surface area contributed by atoms with Gasteiger partial charge in [0, 0.05) is 40.8 Å². The summed E-state index contributed by atoms with van der Waals surface area (Å²) in [6.45, 7) is 2.72. The van der Waals surface area contributed by atoms with Crippen molar-refractivity contribution in [2.45, 2.75) is 17.9 Å². The van der Waals surface area contributed by atoms with Crippen molar-refractivity contribution in [3.8, 4) is 0 Å². The number of methoxy groups -OCH3 is 1. The Hall–Kier alpha value is -0.870. The second kappa shape index (κ2) is 5.88. The van der Waals surface area contributed by atoms with E-state index in [4.69, 9.17) is 4.74 Å². The molecule has 0 bridgehead atoms. The predicted octanol–water partition coefficient (Wildman–Crippen LogP) is 1.87. The molecule has 0 radical (unpaired) electrons. The van der Waals surface area contributed by atoms with Gasteiger partial charge in [-0.1, -0.05) is 0 Å². The molecule has 0 spiro atoms. The summed E-state index contributed by atoms with van der Waals surface area (Å²) in [7, 11) is 0.776. The summed E-state index contributed by atoms with van der Waals surface area (Å²) in [4.78, 5) is 0.847. The van der Waals surface area contributed by atoms with E-state index in [0.717, 1.165) is 10.6 Å². The van der Waals surface area contributed by atoms with E-state index in [1.807, 2.05) is 24.3 Å². The molecule has 2 atom stereocenters. The SMILES string of the molecule is COC[C@@H](C)Nc1ccc([S@@](C)=O)cc1. The van der Waals surface area contributed by atoms with Gasteiger partial charge in [0.15, 0.2) is 0 Å². The van der Waals surface area contributed by atoms with Gasteiger partial charge in [-0.3, -0.25) is 4.21 Å². The van der Waals surface area contributed by atoms with Gasteiger partial charge < -0.3 is 10.1 Å². The first kappa shape index (κ1) is 12.2. The Kier molecular flexibility index (Phi) is 4.78. The molecular formula is C11H17NO2S. The average Bonchev–Trinajstić information content (AvgIpc) is 2.18. The van der Waals surface area contributed by atoms with E-state index < -0.39 is 10.8 Å². The molecule has 84 valence electrons. The Labute approximate surface area is 93.3 Å². The van der Waals surface area contributed by atoms with Gasteiger partial charge in [0.05, 0.1) is 6.61 Å². The Morgan fingerprint density at radius 3 is 2.47 bits per heavy atom. The first-order valence-corrected chi connectivity index (χ1v) is 6.38. The quantitative estimate of drug-likeness (QED) is 0.834. The maximum atomic E-state index is 11.2. The summed E-state index contributed by atoms with van der Waals surface area (Å²) in [6.07, 6.45) is 1.68. The van der Waals surface area contributed by atoms with Crippen molar-refractivity contribution in [2.24, 2.45) is 0 Å². The maximum Gasteiger partial charge on any atom is 0.0661 e. The highest BCUT2D eigenvalue weighted by Gasteiger charge is 2.01. The fourth-order valence-electron chi connectivity index (χ4n) is 1.32. The molecule has 1 N–H and O–H groups in total. The summed E-state index contributed by atoms with van der Waals surface area (Å²) in [6, 6.07) is 7.88. The molecule has 1 aromatic carbocycles. The van der Waals surface area contributed by atoms with E-state index in [1.165, 1.54) is 0 Å². The van der Waals surface area contributed by atoms with Crippen LogP contribution >= 0.6 is 0 Å². The third-order valence-electron chi connectivity index (χ3n) is 2.02. The average molecular weight is 227 g/mol. The number of hydrogen-bond donors (Lipinski definition) is 1. The molecule has 0 fully saturated rings. The standard InChI is InChI=1S/C11H17NO2S/c1-9(8-14-2)12-10-4-6-11(7-5-10)15(3)13/h4-7,9,12H,8H2,1-3H3/t9-,15-/m1/s1. The Balaban J connectivity index is 2.60. The molecular weight excluding hydrogens is 210 g/mol. The summed E-state index contributed by atoms with van der Waals surface area (Å²) < 4.78 is 16.2. The summed E-state index contributed by atoms with van der Waals surface area (Å²) in [5.74, 6) is 0. The van der Waals surface area contributed by atoms with Crippen molar-refractivity contribution in [3.63, 3.8) is 0 Å². The second-order valence-electron chi connectivity index (χ2n) is 3.48. The molecule has 0 unspecified atom stereocenters. The van der Waals surface area contributed by atoms with Gasteiger partial charge in [0.1, 0.15) is 0 Å². The molecule has 0 aliphatic carbocycles. The van der Waals surface area contributed by atoms with Crippen molar-refractivity contribution in [1.82, 2.24) is 0 Å². The van der Waals surface area contributed by atoms with Crippen LogP contribution in [0.2, 0.25) is 0 Å². The van der Waals surface area contributed by atoms with Gasteiger partial charge in [0.2, 0.25) is 0 Å². The predicted molar refractivity (Wildman–Crippen MR) is 63.7 cm³/mol. The molecule has 0 aliphatic heterocycles. The highest BCUT2D eigenvalue weighted by molar-refractivity contribution is 7.84. The number of benzene rings is 1. The van der Waals surface area contributed by atoms with E-state index in [1.54, 1.807) is 13.4 Å². The molecule has 0 saturated heterocycles. The fraction of sp³-hybridized carbons (Fsp3) is 0.455. The lowest BCUT2D eigenvalue weighted by molar-refractivity contribution is 0.190. The molecule has 0 aliphatic rings. The molecule has 1 aromatic rings. The van der Waals surface area contributed by atoms with E-state index >= 15 is 0 Å². The van der Waals surface area contributed by atoms with Crippen LogP contribution in [0, 0.1) is 0 Å². The van der Waals surface area contributed by atoms with Crippen LogP contribution in [0.5, 0.6) is 0 Å². The number of rotatable bonds is 5. The Morgan fingerprint density at radius 2 is 2.00 bits per heavy atom. The minimum absolute atomic E-state index is 0.271. The van der Waals surface area contributed by atoms with Crippen LogP contribution in [-0.4, -0.2) is 30.2 Å². The lowest BCUT2D eigenvalue weighted by Crippen LogP contribution is -2.20. The third kappa shape index (κ3) is 4.01. The Bertz CT molecular complexity index is 324. The largest absolute Gasteiger partial charge is 0.383 e. The maximum absolute atomic E-state index is 11.2. The van der Waals surface area contributed by atoms with Gasteiger partial charge in [-0.15, -0.1) is 0 Å². The van der Waals surface area contributed by atoms with Crippen LogP contribution in [0.25, 0.3) is 0 Å². The van der Waals surface area contributed by atoms with Crippen molar-refractivity contribution < 1.29 is 8.95 Å². The monoisotopic (exact) mass is 227 g/mol.